The first-order valence-corrected chi connectivity index (χ1v) is 4.86. The molecular formula is C7H7ClN4S. The largest absolute Gasteiger partial charge is 0.324 e. The quantitative estimate of drug-likeness (QED) is 0.799. The van der Waals surface area contributed by atoms with Crippen LogP contribution in [0.2, 0.25) is 4.34 Å². The van der Waals surface area contributed by atoms with Gasteiger partial charge in [-0.25, -0.2) is 4.98 Å². The minimum Gasteiger partial charge on any atom is -0.324 e. The Morgan fingerprint density at radius 1 is 1.54 bits per heavy atom. The number of aromatic nitrogens is 3. The van der Waals surface area contributed by atoms with Crippen LogP contribution < -0.4 is 5.73 Å². The van der Waals surface area contributed by atoms with E-state index in [1.54, 1.807) is 0 Å². The van der Waals surface area contributed by atoms with Crippen molar-refractivity contribution in [2.45, 2.75) is 6.54 Å². The van der Waals surface area contributed by atoms with Crippen LogP contribution in [0.15, 0.2) is 12.1 Å². The first-order valence-electron chi connectivity index (χ1n) is 3.66. The fraction of sp³-hybridized carbons (Fsp3) is 0.143. The number of hydrogen-bond donors (Lipinski definition) is 2. The smallest absolute Gasteiger partial charge is 0.191 e. The highest BCUT2D eigenvalue weighted by Crippen LogP contribution is 2.28. The van der Waals surface area contributed by atoms with Gasteiger partial charge in [0.15, 0.2) is 5.82 Å². The minimum atomic E-state index is 0.367. The lowest BCUT2D eigenvalue weighted by atomic mass is 10.4. The average Bonchev–Trinajstić information content (AvgIpc) is 2.71. The van der Waals surface area contributed by atoms with Crippen molar-refractivity contribution in [1.29, 1.82) is 0 Å². The van der Waals surface area contributed by atoms with Gasteiger partial charge in [0.25, 0.3) is 0 Å². The molecule has 0 amide bonds. The molecule has 0 bridgehead atoms. The van der Waals surface area contributed by atoms with E-state index in [0.717, 1.165) is 9.21 Å². The Kier molecular flexibility index (Phi) is 2.30. The summed E-state index contributed by atoms with van der Waals surface area (Å²) in [6, 6.07) is 3.70. The number of hydrogen-bond acceptors (Lipinski definition) is 4. The minimum absolute atomic E-state index is 0.367. The normalized spacial score (nSPS) is 10.6. The van der Waals surface area contributed by atoms with Crippen molar-refractivity contribution in [2.75, 3.05) is 0 Å². The molecule has 0 aliphatic carbocycles. The molecule has 2 heterocycles. The van der Waals surface area contributed by atoms with Gasteiger partial charge in [0, 0.05) is 0 Å². The third-order valence-corrected chi connectivity index (χ3v) is 2.75. The van der Waals surface area contributed by atoms with Crippen LogP contribution in [0.4, 0.5) is 0 Å². The van der Waals surface area contributed by atoms with E-state index >= 15 is 0 Å². The van der Waals surface area contributed by atoms with Gasteiger partial charge in [0.2, 0.25) is 0 Å². The van der Waals surface area contributed by atoms with Crippen LogP contribution in [0.1, 0.15) is 5.82 Å². The predicted octanol–water partition coefficient (Wildman–Crippen LogP) is 1.65. The van der Waals surface area contributed by atoms with Crippen molar-refractivity contribution in [3.05, 3.63) is 22.3 Å². The molecule has 6 heteroatoms. The van der Waals surface area contributed by atoms with Crippen molar-refractivity contribution in [3.63, 3.8) is 0 Å². The standard InChI is InChI=1S/C7H7ClN4S/c8-5-2-1-4(13-5)7-10-6(3-9)11-12-7/h1-2H,3,9H2,(H,10,11,12). The van der Waals surface area contributed by atoms with Crippen molar-refractivity contribution in [3.8, 4) is 10.7 Å². The molecule has 0 radical (unpaired) electrons. The van der Waals surface area contributed by atoms with Gasteiger partial charge in [-0.05, 0) is 12.1 Å². The van der Waals surface area contributed by atoms with Crippen molar-refractivity contribution < 1.29 is 0 Å². The molecule has 3 N–H and O–H groups in total. The zero-order valence-corrected chi connectivity index (χ0v) is 8.19. The second-order valence-electron chi connectivity index (χ2n) is 2.41. The SMILES string of the molecule is NCc1nc(-c2ccc(Cl)s2)n[nH]1. The molecule has 0 saturated carbocycles. The molecule has 2 aromatic rings. The lowest BCUT2D eigenvalue weighted by Gasteiger charge is -1.84. The van der Waals surface area contributed by atoms with Gasteiger partial charge in [-0.15, -0.1) is 11.3 Å². The maximum atomic E-state index is 5.78. The maximum absolute atomic E-state index is 5.78. The van der Waals surface area contributed by atoms with E-state index in [4.69, 9.17) is 17.3 Å². The van der Waals surface area contributed by atoms with E-state index in [1.165, 1.54) is 11.3 Å². The number of H-pyrrole nitrogens is 1. The van der Waals surface area contributed by atoms with Crippen molar-refractivity contribution in [2.24, 2.45) is 5.73 Å². The Hall–Kier alpha value is -0.910. The van der Waals surface area contributed by atoms with Crippen LogP contribution >= 0.6 is 22.9 Å². The Morgan fingerprint density at radius 2 is 2.38 bits per heavy atom. The highest BCUT2D eigenvalue weighted by molar-refractivity contribution is 7.19. The molecule has 0 aliphatic heterocycles. The van der Waals surface area contributed by atoms with Gasteiger partial charge in [-0.2, -0.15) is 5.10 Å². The molecule has 68 valence electrons. The number of rotatable bonds is 2. The van der Waals surface area contributed by atoms with Gasteiger partial charge < -0.3 is 5.73 Å². The molecule has 2 rings (SSSR count). The molecule has 0 fully saturated rings. The van der Waals surface area contributed by atoms with Gasteiger partial charge in [-0.1, -0.05) is 11.6 Å². The Morgan fingerprint density at radius 3 is 2.92 bits per heavy atom. The van der Waals surface area contributed by atoms with Gasteiger partial charge >= 0.3 is 0 Å². The number of aromatic amines is 1. The number of thiophene rings is 1. The number of nitrogens with one attached hydrogen (secondary N) is 1. The Labute approximate surface area is 83.8 Å². The summed E-state index contributed by atoms with van der Waals surface area (Å²) >= 11 is 7.22. The number of nitrogens with two attached hydrogens (primary N) is 1. The van der Waals surface area contributed by atoms with E-state index in [9.17, 15) is 0 Å². The third kappa shape index (κ3) is 1.72. The van der Waals surface area contributed by atoms with E-state index < -0.39 is 0 Å². The van der Waals surface area contributed by atoms with Crippen molar-refractivity contribution in [1.82, 2.24) is 15.2 Å². The Bertz CT molecular complexity index is 408. The lowest BCUT2D eigenvalue weighted by molar-refractivity contribution is 0.917. The van der Waals surface area contributed by atoms with Crippen LogP contribution in [-0.2, 0) is 6.54 Å². The highest BCUT2D eigenvalue weighted by atomic mass is 35.5. The van der Waals surface area contributed by atoms with Gasteiger partial charge in [0.05, 0.1) is 15.8 Å². The summed E-state index contributed by atoms with van der Waals surface area (Å²) in [7, 11) is 0. The predicted molar refractivity (Wildman–Crippen MR) is 52.6 cm³/mol. The molecule has 13 heavy (non-hydrogen) atoms. The lowest BCUT2D eigenvalue weighted by Crippen LogP contribution is -1.97. The van der Waals surface area contributed by atoms with Gasteiger partial charge in [-0.3, -0.25) is 5.10 Å². The van der Waals surface area contributed by atoms with Crippen LogP contribution in [-0.4, -0.2) is 15.2 Å². The van der Waals surface area contributed by atoms with Crippen molar-refractivity contribution >= 4 is 22.9 Å². The van der Waals surface area contributed by atoms with E-state index in [0.29, 0.717) is 18.2 Å². The summed E-state index contributed by atoms with van der Waals surface area (Å²) in [6.45, 7) is 0.367. The molecule has 0 aliphatic rings. The maximum Gasteiger partial charge on any atom is 0.191 e. The fourth-order valence-corrected chi connectivity index (χ4v) is 1.91. The topological polar surface area (TPSA) is 67.6 Å². The first kappa shape index (κ1) is 8.68. The monoisotopic (exact) mass is 214 g/mol. The summed E-state index contributed by atoms with van der Waals surface area (Å²) in [5.74, 6) is 1.33. The van der Waals surface area contributed by atoms with Crippen LogP contribution in [0, 0.1) is 0 Å². The van der Waals surface area contributed by atoms with E-state index in [1.807, 2.05) is 12.1 Å². The molecule has 0 unspecified atom stereocenters. The van der Waals surface area contributed by atoms with Crippen LogP contribution in [0.25, 0.3) is 10.7 Å². The summed E-state index contributed by atoms with van der Waals surface area (Å²) < 4.78 is 0.731. The van der Waals surface area contributed by atoms with E-state index in [2.05, 4.69) is 15.2 Å². The third-order valence-electron chi connectivity index (χ3n) is 1.52. The summed E-state index contributed by atoms with van der Waals surface area (Å²) in [5.41, 5.74) is 5.39. The molecule has 0 aromatic carbocycles. The number of halogens is 1. The van der Waals surface area contributed by atoms with E-state index in [-0.39, 0.29) is 0 Å². The molecule has 0 atom stereocenters. The molecule has 4 nitrogen and oxygen atoms in total. The Balaban J connectivity index is 2.35. The first-order chi connectivity index (χ1) is 6.29. The van der Waals surface area contributed by atoms with Crippen LogP contribution in [0.3, 0.4) is 0 Å². The molecule has 0 saturated heterocycles. The second kappa shape index (κ2) is 3.45. The van der Waals surface area contributed by atoms with Gasteiger partial charge in [0.1, 0.15) is 5.82 Å². The zero-order valence-electron chi connectivity index (χ0n) is 6.62. The summed E-state index contributed by atoms with van der Waals surface area (Å²) in [6.07, 6.45) is 0. The highest BCUT2D eigenvalue weighted by Gasteiger charge is 2.06. The second-order valence-corrected chi connectivity index (χ2v) is 4.13. The number of nitrogens with zero attached hydrogens (tertiary/aromatic N) is 2. The van der Waals surface area contributed by atoms with Crippen LogP contribution in [0.5, 0.6) is 0 Å². The summed E-state index contributed by atoms with van der Waals surface area (Å²) in [5, 5.41) is 6.75. The molecule has 2 aromatic heterocycles. The molecule has 0 spiro atoms. The summed E-state index contributed by atoms with van der Waals surface area (Å²) in [4.78, 5) is 5.12. The zero-order chi connectivity index (χ0) is 9.26. The fourth-order valence-electron chi connectivity index (χ4n) is 0.931. The average molecular weight is 215 g/mol. The molecular weight excluding hydrogens is 208 g/mol.